The Hall–Kier alpha value is -3.24. The minimum absolute atomic E-state index is 0.0496. The van der Waals surface area contributed by atoms with Gasteiger partial charge in [0, 0.05) is 12.1 Å². The molecule has 0 bridgehead atoms. The molecule has 3 aromatic rings. The van der Waals surface area contributed by atoms with E-state index in [1.165, 1.54) is 47.5 Å². The number of hydrogen-bond acceptors (Lipinski definition) is 7. The third-order valence-electron chi connectivity index (χ3n) is 6.42. The number of ether oxygens (including phenoxy) is 1. The maximum Gasteiger partial charge on any atom is 0.322 e. The molecular formula is C24H26N4O5S. The lowest BCUT2D eigenvalue weighted by Gasteiger charge is -2.22. The number of hydrogen-bond donors (Lipinski definition) is 1. The van der Waals surface area contributed by atoms with Crippen LogP contribution in [-0.2, 0) is 27.7 Å². The molecule has 2 aromatic carbocycles. The van der Waals surface area contributed by atoms with Crippen molar-refractivity contribution in [2.75, 3.05) is 19.0 Å². The Morgan fingerprint density at radius 2 is 1.82 bits per heavy atom. The van der Waals surface area contributed by atoms with Crippen molar-refractivity contribution < 1.29 is 22.4 Å². The first-order valence-corrected chi connectivity index (χ1v) is 12.8. The molecule has 34 heavy (non-hydrogen) atoms. The molecule has 1 saturated heterocycles. The van der Waals surface area contributed by atoms with Crippen LogP contribution in [0.2, 0.25) is 0 Å². The maximum atomic E-state index is 13.2. The van der Waals surface area contributed by atoms with Crippen molar-refractivity contribution in [1.29, 1.82) is 0 Å². The Morgan fingerprint density at radius 1 is 1.06 bits per heavy atom. The van der Waals surface area contributed by atoms with Gasteiger partial charge in [0.2, 0.25) is 21.8 Å². The second-order valence-electron chi connectivity index (χ2n) is 8.54. The standard InChI is InChI=1S/C24H26N4O5S/c1-32-19-10-12-20(13-11-19)34(30,31)28-14-4-7-21(28)22(29)25-24-27-26-23(33-24)18-9-8-16-5-2-3-6-17(16)15-18/h8-13,15,21H,2-7,14H2,1H3,(H,25,27,29). The fraction of sp³-hybridized carbons (Fsp3) is 0.375. The number of carbonyl (C=O) groups is 1. The van der Waals surface area contributed by atoms with Crippen LogP contribution < -0.4 is 10.1 Å². The summed E-state index contributed by atoms with van der Waals surface area (Å²) in [5.41, 5.74) is 3.44. The highest BCUT2D eigenvalue weighted by atomic mass is 32.2. The second kappa shape index (κ2) is 9.19. The van der Waals surface area contributed by atoms with Crippen LogP contribution in [0.1, 0.15) is 36.8 Å². The molecule has 9 nitrogen and oxygen atoms in total. The van der Waals surface area contributed by atoms with Crippen LogP contribution in [0.15, 0.2) is 51.8 Å². The zero-order valence-corrected chi connectivity index (χ0v) is 19.7. The lowest BCUT2D eigenvalue weighted by Crippen LogP contribution is -2.43. The van der Waals surface area contributed by atoms with Crippen LogP contribution in [0.4, 0.5) is 6.01 Å². The minimum Gasteiger partial charge on any atom is -0.497 e. The number of fused-ring (bicyclic) bond motifs is 1. The lowest BCUT2D eigenvalue weighted by molar-refractivity contribution is -0.119. The van der Waals surface area contributed by atoms with Crippen LogP contribution in [-0.4, -0.2) is 48.5 Å². The fourth-order valence-corrected chi connectivity index (χ4v) is 6.27. The summed E-state index contributed by atoms with van der Waals surface area (Å²) >= 11 is 0. The molecule has 2 aliphatic rings. The molecule has 5 rings (SSSR count). The Morgan fingerprint density at radius 3 is 2.59 bits per heavy atom. The first kappa shape index (κ1) is 22.5. The number of aromatic nitrogens is 2. The van der Waals surface area contributed by atoms with E-state index in [9.17, 15) is 13.2 Å². The Kier molecular flexibility index (Phi) is 6.09. The van der Waals surface area contributed by atoms with E-state index in [0.29, 0.717) is 24.5 Å². The molecular weight excluding hydrogens is 456 g/mol. The number of methoxy groups -OCH3 is 1. The number of carbonyl (C=O) groups excluding carboxylic acids is 1. The first-order valence-electron chi connectivity index (χ1n) is 11.4. The molecule has 1 unspecified atom stereocenters. The largest absolute Gasteiger partial charge is 0.497 e. The molecule has 10 heteroatoms. The normalized spacial score (nSPS) is 18.4. The predicted molar refractivity (Wildman–Crippen MR) is 125 cm³/mol. The molecule has 1 amide bonds. The highest BCUT2D eigenvalue weighted by molar-refractivity contribution is 7.89. The monoisotopic (exact) mass is 482 g/mol. The van der Waals surface area contributed by atoms with Gasteiger partial charge < -0.3 is 9.15 Å². The molecule has 1 aliphatic heterocycles. The van der Waals surface area contributed by atoms with Gasteiger partial charge in [-0.3, -0.25) is 10.1 Å². The van der Waals surface area contributed by atoms with E-state index in [0.717, 1.165) is 18.4 Å². The van der Waals surface area contributed by atoms with Crippen LogP contribution in [0.25, 0.3) is 11.5 Å². The summed E-state index contributed by atoms with van der Waals surface area (Å²) in [4.78, 5) is 13.1. The van der Waals surface area contributed by atoms with E-state index in [1.807, 2.05) is 6.07 Å². The number of nitrogens with one attached hydrogen (secondary N) is 1. The molecule has 178 valence electrons. The van der Waals surface area contributed by atoms with Crippen LogP contribution in [0.3, 0.4) is 0 Å². The number of amides is 1. The second-order valence-corrected chi connectivity index (χ2v) is 10.4. The predicted octanol–water partition coefficient (Wildman–Crippen LogP) is 3.42. The number of aryl methyl sites for hydroxylation is 2. The van der Waals surface area contributed by atoms with Gasteiger partial charge in [0.1, 0.15) is 11.8 Å². The topological polar surface area (TPSA) is 115 Å². The van der Waals surface area contributed by atoms with Crippen molar-refractivity contribution >= 4 is 21.9 Å². The summed E-state index contributed by atoms with van der Waals surface area (Å²) < 4.78 is 38.3. The summed E-state index contributed by atoms with van der Waals surface area (Å²) in [5, 5.41) is 10.6. The minimum atomic E-state index is -3.85. The molecule has 1 aromatic heterocycles. The maximum absolute atomic E-state index is 13.2. The van der Waals surface area contributed by atoms with E-state index in [4.69, 9.17) is 9.15 Å². The van der Waals surface area contributed by atoms with E-state index in [2.05, 4.69) is 27.6 Å². The molecule has 1 fully saturated rings. The van der Waals surface area contributed by atoms with Gasteiger partial charge in [-0.25, -0.2) is 8.42 Å². The van der Waals surface area contributed by atoms with E-state index >= 15 is 0 Å². The van der Waals surface area contributed by atoms with Gasteiger partial charge in [0.05, 0.1) is 12.0 Å². The summed E-state index contributed by atoms with van der Waals surface area (Å²) in [7, 11) is -2.33. The molecule has 1 N–H and O–H groups in total. The number of rotatable bonds is 6. The fourth-order valence-electron chi connectivity index (χ4n) is 4.62. The van der Waals surface area contributed by atoms with Gasteiger partial charge in [0.25, 0.3) is 0 Å². The van der Waals surface area contributed by atoms with Crippen LogP contribution >= 0.6 is 0 Å². The number of nitrogens with zero attached hydrogens (tertiary/aromatic N) is 3. The third-order valence-corrected chi connectivity index (χ3v) is 8.35. The van der Waals surface area contributed by atoms with Crippen molar-refractivity contribution in [3.8, 4) is 17.2 Å². The molecule has 1 atom stereocenters. The molecule has 0 radical (unpaired) electrons. The molecule has 0 spiro atoms. The van der Waals surface area contributed by atoms with Gasteiger partial charge >= 0.3 is 6.01 Å². The average Bonchev–Trinajstić information content (AvgIpc) is 3.54. The van der Waals surface area contributed by atoms with Crippen molar-refractivity contribution in [3.63, 3.8) is 0 Å². The summed E-state index contributed by atoms with van der Waals surface area (Å²) in [6.45, 7) is 0.261. The SMILES string of the molecule is COc1ccc(S(=O)(=O)N2CCCC2C(=O)Nc2nnc(-c3ccc4c(c3)CCCC4)o2)cc1. The van der Waals surface area contributed by atoms with Crippen molar-refractivity contribution in [3.05, 3.63) is 53.6 Å². The molecule has 1 aliphatic carbocycles. The molecule has 0 saturated carbocycles. The Labute approximate surface area is 198 Å². The number of benzene rings is 2. The smallest absolute Gasteiger partial charge is 0.322 e. The van der Waals surface area contributed by atoms with E-state index in [-0.39, 0.29) is 17.5 Å². The third kappa shape index (κ3) is 4.30. The molecule has 2 heterocycles. The van der Waals surface area contributed by atoms with Gasteiger partial charge in [-0.15, -0.1) is 5.10 Å². The van der Waals surface area contributed by atoms with Crippen molar-refractivity contribution in [2.45, 2.75) is 49.5 Å². The lowest BCUT2D eigenvalue weighted by atomic mass is 9.90. The van der Waals surface area contributed by atoms with E-state index in [1.54, 1.807) is 12.1 Å². The van der Waals surface area contributed by atoms with Crippen molar-refractivity contribution in [2.24, 2.45) is 0 Å². The van der Waals surface area contributed by atoms with Gasteiger partial charge in [-0.1, -0.05) is 11.2 Å². The summed E-state index contributed by atoms with van der Waals surface area (Å²) in [5.74, 6) is 0.383. The van der Waals surface area contributed by atoms with E-state index < -0.39 is 22.0 Å². The zero-order chi connectivity index (χ0) is 23.7. The highest BCUT2D eigenvalue weighted by Crippen LogP contribution is 2.30. The van der Waals surface area contributed by atoms with Gasteiger partial charge in [0.15, 0.2) is 0 Å². The quantitative estimate of drug-likeness (QED) is 0.572. The highest BCUT2D eigenvalue weighted by Gasteiger charge is 2.40. The summed E-state index contributed by atoms with van der Waals surface area (Å²) in [6.07, 6.45) is 5.47. The van der Waals surface area contributed by atoms with Gasteiger partial charge in [-0.2, -0.15) is 4.31 Å². The number of anilines is 1. The first-order chi connectivity index (χ1) is 16.5. The zero-order valence-electron chi connectivity index (χ0n) is 18.9. The van der Waals surface area contributed by atoms with Crippen LogP contribution in [0.5, 0.6) is 5.75 Å². The average molecular weight is 483 g/mol. The van der Waals surface area contributed by atoms with Crippen molar-refractivity contribution in [1.82, 2.24) is 14.5 Å². The number of sulfonamides is 1. The van der Waals surface area contributed by atoms with Crippen LogP contribution in [0, 0.1) is 0 Å². The Bertz CT molecular complexity index is 1300. The van der Waals surface area contributed by atoms with Gasteiger partial charge in [-0.05, 0) is 86.1 Å². The summed E-state index contributed by atoms with van der Waals surface area (Å²) in [6, 6.07) is 11.3. The Balaban J connectivity index is 1.31.